The summed E-state index contributed by atoms with van der Waals surface area (Å²) >= 11 is 0. The molecule has 1 atom stereocenters. The minimum Gasteiger partial charge on any atom is -0.497 e. The van der Waals surface area contributed by atoms with E-state index in [1.54, 1.807) is 44.4 Å². The van der Waals surface area contributed by atoms with Crippen LogP contribution in [0.3, 0.4) is 0 Å². The summed E-state index contributed by atoms with van der Waals surface area (Å²) in [6, 6.07) is 15.3. The molecule has 2 aromatic carbocycles. The van der Waals surface area contributed by atoms with E-state index in [1.807, 2.05) is 12.1 Å². The molecule has 6 nitrogen and oxygen atoms in total. The minimum atomic E-state index is -3.50. The van der Waals surface area contributed by atoms with Gasteiger partial charge in [-0.05, 0) is 36.8 Å². The number of carbonyl (C=O) groups excluding carboxylic acids is 1. The van der Waals surface area contributed by atoms with Crippen LogP contribution in [0.4, 0.5) is 0 Å². The summed E-state index contributed by atoms with van der Waals surface area (Å²) in [7, 11) is -1.92. The second-order valence-electron chi connectivity index (χ2n) is 6.68. The Bertz CT molecular complexity index is 846. The number of methoxy groups -OCH3 is 1. The van der Waals surface area contributed by atoms with Crippen molar-refractivity contribution in [2.24, 2.45) is 0 Å². The maximum atomic E-state index is 12.2. The van der Waals surface area contributed by atoms with Gasteiger partial charge in [-0.25, -0.2) is 8.42 Å². The molecule has 0 heterocycles. The fourth-order valence-electron chi connectivity index (χ4n) is 2.60. The van der Waals surface area contributed by atoms with Gasteiger partial charge in [0, 0.05) is 19.4 Å². The van der Waals surface area contributed by atoms with E-state index in [1.165, 1.54) is 12.1 Å². The van der Waals surface area contributed by atoms with Crippen LogP contribution >= 0.6 is 0 Å². The van der Waals surface area contributed by atoms with Gasteiger partial charge in [-0.15, -0.1) is 0 Å². The molecule has 0 fully saturated rings. The SMILES string of the molecule is COc1ccc(CC(C)(O)CNC(=O)CCS(=O)(=O)c2ccccc2)cc1. The van der Waals surface area contributed by atoms with Gasteiger partial charge in [-0.3, -0.25) is 4.79 Å². The molecule has 0 saturated carbocycles. The van der Waals surface area contributed by atoms with Crippen molar-refractivity contribution in [3.63, 3.8) is 0 Å². The summed E-state index contributed by atoms with van der Waals surface area (Å²) in [4.78, 5) is 12.2. The highest BCUT2D eigenvalue weighted by molar-refractivity contribution is 7.91. The second kappa shape index (κ2) is 9.01. The van der Waals surface area contributed by atoms with Crippen molar-refractivity contribution in [1.82, 2.24) is 5.32 Å². The lowest BCUT2D eigenvalue weighted by Gasteiger charge is -2.24. The maximum Gasteiger partial charge on any atom is 0.221 e. The number of nitrogens with one attached hydrogen (secondary N) is 1. The molecule has 0 bridgehead atoms. The average molecular weight is 391 g/mol. The third-order valence-electron chi connectivity index (χ3n) is 4.11. The first-order chi connectivity index (χ1) is 12.7. The molecule has 0 saturated heterocycles. The normalized spacial score (nSPS) is 13.6. The molecule has 2 aromatic rings. The van der Waals surface area contributed by atoms with Crippen molar-refractivity contribution in [3.8, 4) is 5.75 Å². The number of amides is 1. The molecule has 0 radical (unpaired) electrons. The number of benzene rings is 2. The Morgan fingerprint density at radius 3 is 2.33 bits per heavy atom. The first kappa shape index (κ1) is 20.9. The van der Waals surface area contributed by atoms with Gasteiger partial charge in [0.2, 0.25) is 5.91 Å². The highest BCUT2D eigenvalue weighted by Gasteiger charge is 2.23. The first-order valence-electron chi connectivity index (χ1n) is 8.62. The van der Waals surface area contributed by atoms with E-state index < -0.39 is 21.3 Å². The maximum absolute atomic E-state index is 12.2. The van der Waals surface area contributed by atoms with Crippen LogP contribution in [0.2, 0.25) is 0 Å². The van der Waals surface area contributed by atoms with Gasteiger partial charge in [-0.1, -0.05) is 30.3 Å². The quantitative estimate of drug-likeness (QED) is 0.682. The molecule has 2 N–H and O–H groups in total. The number of carbonyl (C=O) groups is 1. The van der Waals surface area contributed by atoms with E-state index in [0.29, 0.717) is 6.42 Å². The molecule has 7 heteroatoms. The van der Waals surface area contributed by atoms with Crippen LogP contribution in [-0.4, -0.2) is 44.4 Å². The van der Waals surface area contributed by atoms with E-state index in [-0.39, 0.29) is 23.6 Å². The fraction of sp³-hybridized carbons (Fsp3) is 0.350. The van der Waals surface area contributed by atoms with Crippen molar-refractivity contribution in [1.29, 1.82) is 0 Å². The fourth-order valence-corrected chi connectivity index (χ4v) is 3.86. The topological polar surface area (TPSA) is 92.7 Å². The highest BCUT2D eigenvalue weighted by Crippen LogP contribution is 2.17. The molecule has 0 spiro atoms. The number of hydrogen-bond acceptors (Lipinski definition) is 5. The number of sulfone groups is 1. The van der Waals surface area contributed by atoms with Gasteiger partial charge < -0.3 is 15.2 Å². The molecule has 1 amide bonds. The molecule has 2 rings (SSSR count). The van der Waals surface area contributed by atoms with Crippen molar-refractivity contribution in [2.45, 2.75) is 30.3 Å². The van der Waals surface area contributed by atoms with Crippen LogP contribution in [0.15, 0.2) is 59.5 Å². The van der Waals surface area contributed by atoms with Gasteiger partial charge in [0.05, 0.1) is 23.4 Å². The first-order valence-corrected chi connectivity index (χ1v) is 10.3. The van der Waals surface area contributed by atoms with Crippen molar-refractivity contribution >= 4 is 15.7 Å². The number of aliphatic hydroxyl groups is 1. The number of hydrogen-bond donors (Lipinski definition) is 2. The van der Waals surface area contributed by atoms with Gasteiger partial charge in [0.25, 0.3) is 0 Å². The van der Waals surface area contributed by atoms with Crippen LogP contribution < -0.4 is 10.1 Å². The van der Waals surface area contributed by atoms with E-state index in [2.05, 4.69) is 5.32 Å². The Hall–Kier alpha value is -2.38. The van der Waals surface area contributed by atoms with Crippen LogP contribution in [0, 0.1) is 0 Å². The molecule has 0 aliphatic carbocycles. The lowest BCUT2D eigenvalue weighted by molar-refractivity contribution is -0.121. The van der Waals surface area contributed by atoms with Crippen LogP contribution in [-0.2, 0) is 21.1 Å². The van der Waals surface area contributed by atoms with Crippen molar-refractivity contribution < 1.29 is 23.1 Å². The van der Waals surface area contributed by atoms with Crippen LogP contribution in [0.1, 0.15) is 18.9 Å². The summed E-state index contributed by atoms with van der Waals surface area (Å²) < 4.78 is 29.5. The second-order valence-corrected chi connectivity index (χ2v) is 8.79. The largest absolute Gasteiger partial charge is 0.497 e. The Morgan fingerprint density at radius 1 is 1.11 bits per heavy atom. The monoisotopic (exact) mass is 391 g/mol. The Morgan fingerprint density at radius 2 is 1.74 bits per heavy atom. The summed E-state index contributed by atoms with van der Waals surface area (Å²) in [6.07, 6.45) is 0.190. The Kier molecular flexibility index (Phi) is 6.98. The Balaban J connectivity index is 1.83. The minimum absolute atomic E-state index is 0.0310. The zero-order valence-corrected chi connectivity index (χ0v) is 16.3. The lowest BCUT2D eigenvalue weighted by atomic mass is 9.96. The number of rotatable bonds is 9. The Labute approximate surface area is 160 Å². The predicted octanol–water partition coefficient (Wildman–Crippen LogP) is 1.97. The third-order valence-corrected chi connectivity index (χ3v) is 5.84. The van der Waals surface area contributed by atoms with E-state index in [0.717, 1.165) is 11.3 Å². The number of ether oxygens (including phenoxy) is 1. The molecule has 27 heavy (non-hydrogen) atoms. The zero-order valence-electron chi connectivity index (χ0n) is 15.5. The van der Waals surface area contributed by atoms with Crippen molar-refractivity contribution in [2.75, 3.05) is 19.4 Å². The molecule has 0 aliphatic rings. The summed E-state index contributed by atoms with van der Waals surface area (Å²) in [5.74, 6) is 0.0413. The molecule has 146 valence electrons. The van der Waals surface area contributed by atoms with Gasteiger partial charge in [0.15, 0.2) is 9.84 Å². The zero-order chi connectivity index (χ0) is 19.9. The molecule has 1 unspecified atom stereocenters. The summed E-state index contributed by atoms with van der Waals surface area (Å²) in [5, 5.41) is 13.1. The third kappa shape index (κ3) is 6.69. The standard InChI is InChI=1S/C20H25NO5S/c1-20(23,14-16-8-10-17(26-2)11-9-16)15-21-19(22)12-13-27(24,25)18-6-4-3-5-7-18/h3-11,23H,12-15H2,1-2H3,(H,21,22). The van der Waals surface area contributed by atoms with Gasteiger partial charge in [0.1, 0.15) is 5.75 Å². The van der Waals surface area contributed by atoms with Crippen LogP contribution in [0.25, 0.3) is 0 Å². The molecule has 0 aromatic heterocycles. The van der Waals surface area contributed by atoms with Gasteiger partial charge >= 0.3 is 0 Å². The van der Waals surface area contributed by atoms with E-state index in [4.69, 9.17) is 4.74 Å². The predicted molar refractivity (Wildman–Crippen MR) is 103 cm³/mol. The van der Waals surface area contributed by atoms with Crippen molar-refractivity contribution in [3.05, 3.63) is 60.2 Å². The average Bonchev–Trinajstić information content (AvgIpc) is 2.66. The summed E-state index contributed by atoms with van der Waals surface area (Å²) in [6.45, 7) is 1.65. The van der Waals surface area contributed by atoms with Gasteiger partial charge in [-0.2, -0.15) is 0 Å². The summed E-state index contributed by atoms with van der Waals surface area (Å²) in [5.41, 5.74) is -0.246. The van der Waals surface area contributed by atoms with E-state index in [9.17, 15) is 18.3 Å². The van der Waals surface area contributed by atoms with Crippen LogP contribution in [0.5, 0.6) is 5.75 Å². The molecule has 0 aliphatic heterocycles. The highest BCUT2D eigenvalue weighted by atomic mass is 32.2. The molecular formula is C20H25NO5S. The lowest BCUT2D eigenvalue weighted by Crippen LogP contribution is -2.42. The smallest absolute Gasteiger partial charge is 0.221 e. The van der Waals surface area contributed by atoms with E-state index >= 15 is 0 Å². The molecular weight excluding hydrogens is 366 g/mol.